The number of carboxylic acid groups (broad SMARTS) is 1. The van der Waals surface area contributed by atoms with Crippen LogP contribution in [0, 0.1) is 6.92 Å². The van der Waals surface area contributed by atoms with Crippen molar-refractivity contribution in [2.45, 2.75) is 46.2 Å². The maximum absolute atomic E-state index is 11.5. The summed E-state index contributed by atoms with van der Waals surface area (Å²) in [6, 6.07) is 10.5. The van der Waals surface area contributed by atoms with E-state index in [4.69, 9.17) is 0 Å². The monoisotopic (exact) mass is 379 g/mol. The number of fused-ring (bicyclic) bond motifs is 3. The van der Waals surface area contributed by atoms with E-state index in [0.29, 0.717) is 6.54 Å². The highest BCUT2D eigenvalue weighted by atomic mass is 16.4. The Kier molecular flexibility index (Phi) is 5.84. The summed E-state index contributed by atoms with van der Waals surface area (Å²) >= 11 is 0. The molecule has 0 aliphatic carbocycles. The molecule has 0 bridgehead atoms. The van der Waals surface area contributed by atoms with Gasteiger partial charge in [0, 0.05) is 61.0 Å². The van der Waals surface area contributed by atoms with E-state index in [1.807, 2.05) is 12.1 Å². The highest BCUT2D eigenvalue weighted by molar-refractivity contribution is 5.86. The van der Waals surface area contributed by atoms with Crippen molar-refractivity contribution in [1.82, 2.24) is 14.5 Å². The first-order chi connectivity index (χ1) is 13.0. The number of hydrogen-bond acceptors (Lipinski definition) is 3. The van der Waals surface area contributed by atoms with Crippen molar-refractivity contribution in [3.63, 3.8) is 0 Å². The van der Waals surface area contributed by atoms with Gasteiger partial charge in [0.05, 0.1) is 6.42 Å². The molecule has 0 saturated heterocycles. The minimum absolute atomic E-state index is 0. The molecule has 0 radical (unpaired) electrons. The van der Waals surface area contributed by atoms with Gasteiger partial charge in [-0.25, -0.2) is 0 Å². The van der Waals surface area contributed by atoms with Gasteiger partial charge in [-0.3, -0.25) is 9.78 Å². The Morgan fingerprint density at radius 2 is 2.00 bits per heavy atom. The minimum atomic E-state index is -0.766. The van der Waals surface area contributed by atoms with E-state index in [2.05, 4.69) is 46.6 Å². The van der Waals surface area contributed by atoms with E-state index in [0.717, 1.165) is 25.1 Å². The van der Waals surface area contributed by atoms with E-state index < -0.39 is 5.97 Å². The van der Waals surface area contributed by atoms with Crippen LogP contribution in [-0.4, -0.2) is 39.1 Å². The Morgan fingerprint density at radius 3 is 2.71 bits per heavy atom. The summed E-state index contributed by atoms with van der Waals surface area (Å²) in [5.74, 6) is -0.844. The molecule has 0 fully saturated rings. The van der Waals surface area contributed by atoms with E-state index in [9.17, 15) is 9.90 Å². The van der Waals surface area contributed by atoms with Crippen LogP contribution in [0.3, 0.4) is 0 Å². The van der Waals surface area contributed by atoms with Crippen molar-refractivity contribution in [1.29, 1.82) is 0 Å². The van der Waals surface area contributed by atoms with Crippen LogP contribution < -0.4 is 0 Å². The number of carbonyl (C=O) groups is 1. The van der Waals surface area contributed by atoms with E-state index >= 15 is 0 Å². The van der Waals surface area contributed by atoms with Gasteiger partial charge < -0.3 is 14.6 Å². The zero-order valence-corrected chi connectivity index (χ0v) is 15.9. The first-order valence-electron chi connectivity index (χ1n) is 9.44. The Balaban J connectivity index is 0.00000225. The Morgan fingerprint density at radius 1 is 1.25 bits per heavy atom. The number of aromatic nitrogens is 2. The number of pyridine rings is 1. The number of nitrogens with zero attached hydrogens (tertiary/aromatic N) is 3. The van der Waals surface area contributed by atoms with E-state index in [-0.39, 0.29) is 19.8 Å². The van der Waals surface area contributed by atoms with Gasteiger partial charge in [-0.2, -0.15) is 0 Å². The number of aliphatic carboxylic acids is 1. The summed E-state index contributed by atoms with van der Waals surface area (Å²) in [5.41, 5.74) is 6.25. The largest absolute Gasteiger partial charge is 0.481 e. The maximum atomic E-state index is 11.5. The fourth-order valence-electron chi connectivity index (χ4n) is 4.26. The van der Waals surface area contributed by atoms with Gasteiger partial charge in [-0.15, -0.1) is 0 Å². The van der Waals surface area contributed by atoms with Crippen LogP contribution in [0.2, 0.25) is 0 Å². The molecule has 1 atom stereocenters. The molecule has 0 saturated carbocycles. The highest BCUT2D eigenvalue weighted by Crippen LogP contribution is 2.34. The quantitative estimate of drug-likeness (QED) is 0.721. The third kappa shape index (κ3) is 3.80. The van der Waals surface area contributed by atoms with Crippen molar-refractivity contribution in [2.75, 3.05) is 13.6 Å². The van der Waals surface area contributed by atoms with Crippen molar-refractivity contribution in [3.8, 4) is 0 Å². The third-order valence-electron chi connectivity index (χ3n) is 5.60. The molecular formula is C23H29N3O2. The maximum Gasteiger partial charge on any atom is 0.304 e. The van der Waals surface area contributed by atoms with Gasteiger partial charge in [0.25, 0.3) is 0 Å². The Hall–Kier alpha value is -2.66. The van der Waals surface area contributed by atoms with Crippen LogP contribution in [0.1, 0.15) is 42.1 Å². The van der Waals surface area contributed by atoms with Crippen LogP contribution in [-0.2, 0) is 24.3 Å². The second-order valence-corrected chi connectivity index (χ2v) is 7.62. The van der Waals surface area contributed by atoms with Gasteiger partial charge in [-0.1, -0.05) is 19.1 Å². The molecule has 5 nitrogen and oxygen atoms in total. The lowest BCUT2D eigenvalue weighted by Gasteiger charge is -2.25. The average Bonchev–Trinajstić information content (AvgIpc) is 2.94. The standard InChI is InChI=1S/C22H25N3O2.CH4/c1-15-3-4-20-18(11-15)19-14-24(2)10-7-21(19)25(20)13-17(12-22(26)27)16-5-8-23-9-6-16;/h3-6,8-9,11,17H,7,10,12-14H2,1-2H3,(H,26,27);1H4. The third-order valence-corrected chi connectivity index (χ3v) is 5.60. The molecular weight excluding hydrogens is 350 g/mol. The molecule has 1 aliphatic rings. The smallest absolute Gasteiger partial charge is 0.304 e. The van der Waals surface area contributed by atoms with Gasteiger partial charge in [0.1, 0.15) is 0 Å². The Labute approximate surface area is 166 Å². The van der Waals surface area contributed by atoms with Gasteiger partial charge >= 0.3 is 5.97 Å². The van der Waals surface area contributed by atoms with Crippen LogP contribution >= 0.6 is 0 Å². The predicted molar refractivity (Wildman–Crippen MR) is 113 cm³/mol. The second kappa shape index (κ2) is 8.15. The number of benzene rings is 1. The number of carboxylic acids is 1. The molecule has 1 N–H and O–H groups in total. The molecule has 2 aromatic heterocycles. The summed E-state index contributed by atoms with van der Waals surface area (Å²) in [6.45, 7) is 4.77. The normalized spacial score (nSPS) is 15.1. The van der Waals surface area contributed by atoms with Gasteiger partial charge in [0.15, 0.2) is 0 Å². The lowest BCUT2D eigenvalue weighted by Crippen LogP contribution is -2.28. The van der Waals surface area contributed by atoms with Crippen molar-refractivity contribution >= 4 is 16.9 Å². The van der Waals surface area contributed by atoms with E-state index in [1.165, 1.54) is 27.7 Å². The predicted octanol–water partition coefficient (Wildman–Crippen LogP) is 4.23. The molecule has 1 unspecified atom stereocenters. The highest BCUT2D eigenvalue weighted by Gasteiger charge is 2.25. The lowest BCUT2D eigenvalue weighted by molar-refractivity contribution is -0.137. The fraction of sp³-hybridized carbons (Fsp3) is 0.391. The van der Waals surface area contributed by atoms with Crippen LogP contribution in [0.5, 0.6) is 0 Å². The molecule has 0 spiro atoms. The molecule has 3 heterocycles. The first-order valence-corrected chi connectivity index (χ1v) is 9.44. The number of hydrogen-bond donors (Lipinski definition) is 1. The fourth-order valence-corrected chi connectivity index (χ4v) is 4.26. The number of rotatable bonds is 5. The molecule has 148 valence electrons. The second-order valence-electron chi connectivity index (χ2n) is 7.62. The van der Waals surface area contributed by atoms with Gasteiger partial charge in [0.2, 0.25) is 0 Å². The summed E-state index contributed by atoms with van der Waals surface area (Å²) in [6.07, 6.45) is 4.59. The number of likely N-dealkylation sites (N-methyl/N-ethyl adjacent to an activating group) is 1. The summed E-state index contributed by atoms with van der Waals surface area (Å²) in [5, 5.41) is 10.8. The average molecular weight is 380 g/mol. The first kappa shape index (κ1) is 20.1. The number of aryl methyl sites for hydroxylation is 1. The molecule has 0 amide bonds. The summed E-state index contributed by atoms with van der Waals surface area (Å²) in [7, 11) is 2.16. The zero-order chi connectivity index (χ0) is 19.0. The van der Waals surface area contributed by atoms with Crippen molar-refractivity contribution < 1.29 is 9.90 Å². The Bertz CT molecular complexity index is 978. The topological polar surface area (TPSA) is 58.4 Å². The van der Waals surface area contributed by atoms with E-state index in [1.54, 1.807) is 12.4 Å². The molecule has 28 heavy (non-hydrogen) atoms. The lowest BCUT2D eigenvalue weighted by atomic mass is 9.96. The van der Waals surface area contributed by atoms with Crippen molar-refractivity contribution in [2.24, 2.45) is 0 Å². The molecule has 5 heteroatoms. The van der Waals surface area contributed by atoms with Crippen molar-refractivity contribution in [3.05, 3.63) is 65.1 Å². The molecule has 1 aromatic carbocycles. The molecule has 1 aliphatic heterocycles. The van der Waals surface area contributed by atoms with Crippen LogP contribution in [0.25, 0.3) is 10.9 Å². The van der Waals surface area contributed by atoms with Crippen LogP contribution in [0.15, 0.2) is 42.7 Å². The molecule has 3 aromatic rings. The zero-order valence-electron chi connectivity index (χ0n) is 15.9. The van der Waals surface area contributed by atoms with Gasteiger partial charge in [-0.05, 0) is 49.4 Å². The SMILES string of the molecule is C.Cc1ccc2c(c1)c1c(n2CC(CC(=O)O)c2ccncc2)CCN(C)C1. The summed E-state index contributed by atoms with van der Waals surface area (Å²) < 4.78 is 2.37. The molecule has 4 rings (SSSR count). The minimum Gasteiger partial charge on any atom is -0.481 e. The summed E-state index contributed by atoms with van der Waals surface area (Å²) in [4.78, 5) is 18.0. The van der Waals surface area contributed by atoms with Crippen LogP contribution in [0.4, 0.5) is 0 Å².